The quantitative estimate of drug-likeness (QED) is 0.515. The number of ether oxygens (including phenoxy) is 1. The van der Waals surface area contributed by atoms with E-state index in [-0.39, 0.29) is 23.0 Å². The number of aryl methyl sites for hydroxylation is 2. The fraction of sp³-hybridized carbons (Fsp3) is 0.577. The predicted octanol–water partition coefficient (Wildman–Crippen LogP) is 3.64. The summed E-state index contributed by atoms with van der Waals surface area (Å²) in [5, 5.41) is 13.7. The summed E-state index contributed by atoms with van der Waals surface area (Å²) >= 11 is 0. The summed E-state index contributed by atoms with van der Waals surface area (Å²) in [5.74, 6) is 0.366. The minimum atomic E-state index is -0.436. The Labute approximate surface area is 205 Å². The molecule has 9 nitrogen and oxygen atoms in total. The molecule has 4 rings (SSSR count). The van der Waals surface area contributed by atoms with Crippen molar-refractivity contribution < 1.29 is 9.53 Å². The maximum Gasteiger partial charge on any atom is 0.309 e. The SMILES string of the molecule is CCOC(=O)C1CCN([C@@H](c2cc3ccc(C)c(C)c3[nH]c2=O)c2nnnn2C(C)(C)CC)CC1. The number of carbonyl (C=O) groups is 1. The molecule has 188 valence electrons. The number of esters is 1. The van der Waals surface area contributed by atoms with Crippen molar-refractivity contribution in [2.45, 2.75) is 72.4 Å². The summed E-state index contributed by atoms with van der Waals surface area (Å²) in [5.41, 5.74) is 3.19. The molecule has 1 N–H and O–H groups in total. The number of tetrazole rings is 1. The lowest BCUT2D eigenvalue weighted by atomic mass is 9.93. The van der Waals surface area contributed by atoms with Gasteiger partial charge in [0.2, 0.25) is 0 Å². The summed E-state index contributed by atoms with van der Waals surface area (Å²) < 4.78 is 7.10. The number of carbonyl (C=O) groups excluding carboxylic acids is 1. The van der Waals surface area contributed by atoms with Crippen LogP contribution in [0.2, 0.25) is 0 Å². The number of nitrogens with one attached hydrogen (secondary N) is 1. The second-order valence-corrected chi connectivity index (χ2v) is 10.1. The van der Waals surface area contributed by atoms with Crippen molar-refractivity contribution in [1.82, 2.24) is 30.1 Å². The minimum Gasteiger partial charge on any atom is -0.466 e. The van der Waals surface area contributed by atoms with Crippen LogP contribution < -0.4 is 5.56 Å². The van der Waals surface area contributed by atoms with Crippen LogP contribution in [0.3, 0.4) is 0 Å². The Balaban J connectivity index is 1.81. The molecule has 0 bridgehead atoms. The topological polar surface area (TPSA) is 106 Å². The fourth-order valence-corrected chi connectivity index (χ4v) is 4.84. The number of H-pyrrole nitrogens is 1. The van der Waals surface area contributed by atoms with Gasteiger partial charge in [0, 0.05) is 18.7 Å². The van der Waals surface area contributed by atoms with Crippen molar-refractivity contribution in [2.75, 3.05) is 19.7 Å². The van der Waals surface area contributed by atoms with Crippen LogP contribution in [0.4, 0.5) is 0 Å². The van der Waals surface area contributed by atoms with Gasteiger partial charge < -0.3 is 9.72 Å². The first-order valence-electron chi connectivity index (χ1n) is 12.5. The van der Waals surface area contributed by atoms with Crippen molar-refractivity contribution in [3.05, 3.63) is 51.1 Å². The highest BCUT2D eigenvalue weighted by Gasteiger charge is 2.37. The van der Waals surface area contributed by atoms with Gasteiger partial charge >= 0.3 is 5.97 Å². The maximum atomic E-state index is 13.5. The van der Waals surface area contributed by atoms with Crippen molar-refractivity contribution in [3.63, 3.8) is 0 Å². The molecule has 1 saturated heterocycles. The van der Waals surface area contributed by atoms with Crippen LogP contribution in [0.1, 0.15) is 75.5 Å². The van der Waals surface area contributed by atoms with Gasteiger partial charge in [-0.1, -0.05) is 19.1 Å². The number of rotatable bonds is 7. The van der Waals surface area contributed by atoms with Crippen LogP contribution in [0.5, 0.6) is 0 Å². The molecule has 1 aromatic carbocycles. The lowest BCUT2D eigenvalue weighted by Gasteiger charge is -2.37. The Morgan fingerprint density at radius 1 is 1.23 bits per heavy atom. The summed E-state index contributed by atoms with van der Waals surface area (Å²) in [7, 11) is 0. The molecule has 0 radical (unpaired) electrons. The molecular weight excluding hydrogens is 444 g/mol. The van der Waals surface area contributed by atoms with E-state index in [2.05, 4.69) is 52.2 Å². The number of aromatic nitrogens is 5. The molecular formula is C26H36N6O3. The van der Waals surface area contributed by atoms with Crippen LogP contribution in [-0.2, 0) is 15.1 Å². The molecule has 3 heterocycles. The number of piperidine rings is 1. The van der Waals surface area contributed by atoms with Crippen LogP contribution in [0.15, 0.2) is 23.0 Å². The van der Waals surface area contributed by atoms with Gasteiger partial charge in [-0.25, -0.2) is 4.68 Å². The average Bonchev–Trinajstić information content (AvgIpc) is 3.33. The highest BCUT2D eigenvalue weighted by Crippen LogP contribution is 2.34. The second-order valence-electron chi connectivity index (χ2n) is 10.1. The smallest absolute Gasteiger partial charge is 0.309 e. The molecule has 1 aliphatic heterocycles. The van der Waals surface area contributed by atoms with Crippen LogP contribution in [-0.4, -0.2) is 55.8 Å². The molecule has 0 unspecified atom stereocenters. The number of pyridine rings is 1. The van der Waals surface area contributed by atoms with E-state index >= 15 is 0 Å². The molecule has 2 aromatic heterocycles. The third-order valence-electron chi connectivity index (χ3n) is 7.57. The van der Waals surface area contributed by atoms with Crippen LogP contribution in [0.25, 0.3) is 10.9 Å². The van der Waals surface area contributed by atoms with Crippen LogP contribution >= 0.6 is 0 Å². The second kappa shape index (κ2) is 9.89. The van der Waals surface area contributed by atoms with Crippen molar-refractivity contribution in [2.24, 2.45) is 5.92 Å². The zero-order valence-electron chi connectivity index (χ0n) is 21.6. The van der Waals surface area contributed by atoms with E-state index in [1.807, 2.05) is 37.6 Å². The van der Waals surface area contributed by atoms with E-state index in [0.717, 1.165) is 28.5 Å². The molecule has 0 aliphatic carbocycles. The Morgan fingerprint density at radius 3 is 2.60 bits per heavy atom. The van der Waals surface area contributed by atoms with E-state index in [1.54, 1.807) is 0 Å². The number of nitrogens with zero attached hydrogens (tertiary/aromatic N) is 5. The zero-order valence-corrected chi connectivity index (χ0v) is 21.6. The molecule has 0 spiro atoms. The molecule has 0 amide bonds. The lowest BCUT2D eigenvalue weighted by Crippen LogP contribution is -2.43. The van der Waals surface area contributed by atoms with Gasteiger partial charge in [-0.05, 0) is 86.9 Å². The number of fused-ring (bicyclic) bond motifs is 1. The fourth-order valence-electron chi connectivity index (χ4n) is 4.84. The van der Waals surface area contributed by atoms with Gasteiger partial charge in [-0.2, -0.15) is 0 Å². The van der Waals surface area contributed by atoms with E-state index in [4.69, 9.17) is 4.74 Å². The summed E-state index contributed by atoms with van der Waals surface area (Å²) in [6.07, 6.45) is 2.16. The number of hydrogen-bond donors (Lipinski definition) is 1. The average molecular weight is 481 g/mol. The Morgan fingerprint density at radius 2 is 1.94 bits per heavy atom. The predicted molar refractivity (Wildman–Crippen MR) is 134 cm³/mol. The Kier molecular flexibility index (Phi) is 7.07. The first-order chi connectivity index (χ1) is 16.7. The van der Waals surface area contributed by atoms with E-state index < -0.39 is 6.04 Å². The number of likely N-dealkylation sites (tertiary alicyclic amines) is 1. The summed E-state index contributed by atoms with van der Waals surface area (Å²) in [6, 6.07) is 5.65. The normalized spacial score (nSPS) is 16.5. The molecule has 9 heteroatoms. The standard InChI is InChI=1S/C26H36N6O3/c1-7-26(5,6)32-23(28-29-30-32)22(31-13-11-18(12-14-31)25(34)35-8-2)20-15-19-10-9-16(3)17(4)21(19)27-24(20)33/h9-10,15,18,22H,7-8,11-14H2,1-6H3,(H,27,33)/t22-/m0/s1. The lowest BCUT2D eigenvalue weighted by molar-refractivity contribution is -0.149. The largest absolute Gasteiger partial charge is 0.466 e. The first-order valence-corrected chi connectivity index (χ1v) is 12.5. The third kappa shape index (κ3) is 4.74. The Bertz CT molecular complexity index is 1270. The highest BCUT2D eigenvalue weighted by atomic mass is 16.5. The van der Waals surface area contributed by atoms with Crippen molar-refractivity contribution >= 4 is 16.9 Å². The monoisotopic (exact) mass is 480 g/mol. The number of benzene rings is 1. The summed E-state index contributed by atoms with van der Waals surface area (Å²) in [6.45, 7) is 13.8. The van der Waals surface area contributed by atoms with Gasteiger partial charge in [0.15, 0.2) is 5.82 Å². The van der Waals surface area contributed by atoms with E-state index in [0.29, 0.717) is 43.9 Å². The zero-order chi connectivity index (χ0) is 25.3. The number of aromatic amines is 1. The highest BCUT2D eigenvalue weighted by molar-refractivity contribution is 5.83. The van der Waals surface area contributed by atoms with E-state index in [1.165, 1.54) is 0 Å². The molecule has 3 aromatic rings. The van der Waals surface area contributed by atoms with Gasteiger partial charge in [-0.3, -0.25) is 14.5 Å². The molecule has 0 saturated carbocycles. The van der Waals surface area contributed by atoms with Gasteiger partial charge in [0.25, 0.3) is 5.56 Å². The maximum absolute atomic E-state index is 13.5. The minimum absolute atomic E-state index is 0.129. The van der Waals surface area contributed by atoms with E-state index in [9.17, 15) is 9.59 Å². The van der Waals surface area contributed by atoms with Gasteiger partial charge in [-0.15, -0.1) is 5.10 Å². The van der Waals surface area contributed by atoms with Gasteiger partial charge in [0.1, 0.15) is 6.04 Å². The molecule has 1 aliphatic rings. The van der Waals surface area contributed by atoms with Crippen molar-refractivity contribution in [1.29, 1.82) is 0 Å². The Hall–Kier alpha value is -3.07. The van der Waals surface area contributed by atoms with Crippen LogP contribution in [0, 0.1) is 19.8 Å². The third-order valence-corrected chi connectivity index (χ3v) is 7.57. The first kappa shape index (κ1) is 25.0. The summed E-state index contributed by atoms with van der Waals surface area (Å²) in [4.78, 5) is 31.2. The molecule has 35 heavy (non-hydrogen) atoms. The van der Waals surface area contributed by atoms with Crippen molar-refractivity contribution in [3.8, 4) is 0 Å². The molecule has 1 atom stereocenters. The van der Waals surface area contributed by atoms with Gasteiger partial charge in [0.05, 0.1) is 23.6 Å². The molecule has 1 fully saturated rings. The number of hydrogen-bond acceptors (Lipinski definition) is 7.